The summed E-state index contributed by atoms with van der Waals surface area (Å²) in [4.78, 5) is 12.8. The summed E-state index contributed by atoms with van der Waals surface area (Å²) >= 11 is 0. The second-order valence-corrected chi connectivity index (χ2v) is 7.52. The van der Waals surface area contributed by atoms with Gasteiger partial charge in [-0.3, -0.25) is 9.48 Å². The summed E-state index contributed by atoms with van der Waals surface area (Å²) in [6.45, 7) is 7.85. The largest absolute Gasteiger partial charge is 0.347 e. The van der Waals surface area contributed by atoms with E-state index in [1.807, 2.05) is 54.9 Å². The van der Waals surface area contributed by atoms with Crippen LogP contribution in [-0.2, 0) is 13.1 Å². The van der Waals surface area contributed by atoms with Crippen molar-refractivity contribution in [1.82, 2.24) is 14.3 Å². The molecule has 0 aliphatic rings. The van der Waals surface area contributed by atoms with E-state index in [1.165, 1.54) is 5.52 Å². The first-order valence-corrected chi connectivity index (χ1v) is 10.0. The molecule has 29 heavy (non-hydrogen) atoms. The van der Waals surface area contributed by atoms with Crippen LogP contribution < -0.4 is 5.32 Å². The van der Waals surface area contributed by atoms with Crippen LogP contribution in [-0.4, -0.2) is 20.3 Å². The van der Waals surface area contributed by atoms with E-state index in [0.717, 1.165) is 41.0 Å². The summed E-state index contributed by atoms with van der Waals surface area (Å²) in [6.07, 6.45) is 3.19. The molecular formula is C24H26N4O. The number of rotatable bonds is 6. The lowest BCUT2D eigenvalue weighted by molar-refractivity contribution is 0.102. The maximum Gasteiger partial charge on any atom is 0.255 e. The highest BCUT2D eigenvalue weighted by molar-refractivity contribution is 6.05. The van der Waals surface area contributed by atoms with Crippen LogP contribution in [0.15, 0.2) is 60.8 Å². The molecule has 0 radical (unpaired) electrons. The average molecular weight is 386 g/mol. The number of hydrogen-bond acceptors (Lipinski definition) is 2. The number of aromatic nitrogens is 3. The smallest absolute Gasteiger partial charge is 0.255 e. The Morgan fingerprint density at radius 3 is 2.69 bits per heavy atom. The van der Waals surface area contributed by atoms with Gasteiger partial charge in [0.05, 0.1) is 12.2 Å². The maximum atomic E-state index is 12.8. The number of hydrogen-bond donors (Lipinski definition) is 1. The third-order valence-corrected chi connectivity index (χ3v) is 5.12. The Hall–Kier alpha value is -3.34. The Bertz CT molecular complexity index is 1170. The van der Waals surface area contributed by atoms with Gasteiger partial charge >= 0.3 is 0 Å². The van der Waals surface area contributed by atoms with E-state index in [0.29, 0.717) is 12.1 Å². The van der Waals surface area contributed by atoms with E-state index in [1.54, 1.807) is 0 Å². The van der Waals surface area contributed by atoms with Gasteiger partial charge < -0.3 is 9.88 Å². The van der Waals surface area contributed by atoms with Gasteiger partial charge in [-0.15, -0.1) is 0 Å². The van der Waals surface area contributed by atoms with Gasteiger partial charge in [0, 0.05) is 40.6 Å². The van der Waals surface area contributed by atoms with E-state index in [4.69, 9.17) is 0 Å². The molecular weight excluding hydrogens is 360 g/mol. The normalized spacial score (nSPS) is 11.1. The lowest BCUT2D eigenvalue weighted by Gasteiger charge is -2.09. The zero-order valence-corrected chi connectivity index (χ0v) is 17.1. The Labute approximate surface area is 171 Å². The topological polar surface area (TPSA) is 51.9 Å². The predicted molar refractivity (Wildman–Crippen MR) is 117 cm³/mol. The molecule has 148 valence electrons. The zero-order valence-electron chi connectivity index (χ0n) is 17.1. The minimum Gasteiger partial charge on any atom is -0.347 e. The number of benzene rings is 2. The Morgan fingerprint density at radius 1 is 1.07 bits per heavy atom. The van der Waals surface area contributed by atoms with Gasteiger partial charge in [0.15, 0.2) is 0 Å². The minimum absolute atomic E-state index is 0.104. The molecule has 0 saturated heterocycles. The molecule has 0 fully saturated rings. The van der Waals surface area contributed by atoms with Crippen LogP contribution in [0.1, 0.15) is 40.7 Å². The van der Waals surface area contributed by atoms with Crippen LogP contribution >= 0.6 is 0 Å². The van der Waals surface area contributed by atoms with Crippen molar-refractivity contribution in [3.8, 4) is 0 Å². The molecule has 2 heterocycles. The molecule has 0 saturated carbocycles. The van der Waals surface area contributed by atoms with E-state index >= 15 is 0 Å². The van der Waals surface area contributed by atoms with Crippen molar-refractivity contribution in [2.45, 2.75) is 40.3 Å². The molecule has 5 nitrogen and oxygen atoms in total. The van der Waals surface area contributed by atoms with E-state index in [-0.39, 0.29) is 5.91 Å². The van der Waals surface area contributed by atoms with E-state index < -0.39 is 0 Å². The first-order valence-electron chi connectivity index (χ1n) is 10.0. The summed E-state index contributed by atoms with van der Waals surface area (Å²) in [7, 11) is 0. The average Bonchev–Trinajstić information content (AvgIpc) is 3.24. The lowest BCUT2D eigenvalue weighted by Crippen LogP contribution is -2.13. The third kappa shape index (κ3) is 4.09. The van der Waals surface area contributed by atoms with Crippen molar-refractivity contribution in [3.05, 3.63) is 83.3 Å². The van der Waals surface area contributed by atoms with Gasteiger partial charge in [0.2, 0.25) is 0 Å². The molecule has 0 unspecified atom stereocenters. The second-order valence-electron chi connectivity index (χ2n) is 7.52. The number of nitrogens with one attached hydrogen (secondary N) is 1. The molecule has 0 aliphatic carbocycles. The van der Waals surface area contributed by atoms with Gasteiger partial charge in [-0.2, -0.15) is 5.10 Å². The van der Waals surface area contributed by atoms with Gasteiger partial charge in [-0.1, -0.05) is 19.1 Å². The zero-order chi connectivity index (χ0) is 20.4. The molecule has 0 atom stereocenters. The summed E-state index contributed by atoms with van der Waals surface area (Å²) < 4.78 is 4.20. The number of carbonyl (C=O) groups excluding carboxylic acids is 1. The summed E-state index contributed by atoms with van der Waals surface area (Å²) in [5.74, 6) is -0.104. The molecule has 1 amide bonds. The molecule has 2 aromatic carbocycles. The summed E-state index contributed by atoms with van der Waals surface area (Å²) in [5.41, 5.74) is 5.81. The molecule has 4 rings (SSSR count). The molecule has 1 N–H and O–H groups in total. The quantitative estimate of drug-likeness (QED) is 0.497. The number of aryl methyl sites for hydroxylation is 3. The van der Waals surface area contributed by atoms with Gasteiger partial charge in [-0.25, -0.2) is 0 Å². The fourth-order valence-corrected chi connectivity index (χ4v) is 3.74. The van der Waals surface area contributed by atoms with Crippen molar-refractivity contribution in [2.24, 2.45) is 0 Å². The maximum absolute atomic E-state index is 12.8. The van der Waals surface area contributed by atoms with Crippen LogP contribution in [0.4, 0.5) is 5.69 Å². The van der Waals surface area contributed by atoms with Crippen LogP contribution in [0.2, 0.25) is 0 Å². The number of anilines is 1. The van der Waals surface area contributed by atoms with Crippen molar-refractivity contribution in [3.63, 3.8) is 0 Å². The molecule has 0 bridgehead atoms. The fourth-order valence-electron chi connectivity index (χ4n) is 3.74. The third-order valence-electron chi connectivity index (χ3n) is 5.12. The highest BCUT2D eigenvalue weighted by Crippen LogP contribution is 2.21. The standard InChI is InChI=1S/C24H26N4O/c1-4-11-27-12-10-20-15-22(8-9-23(20)27)25-24(29)21-7-5-6-19(14-21)16-28-18(3)13-17(2)26-28/h5-10,12-15H,4,11,16H2,1-3H3,(H,25,29). The molecule has 5 heteroatoms. The number of amides is 1. The predicted octanol–water partition coefficient (Wildman–Crippen LogP) is 5.17. The fraction of sp³-hybridized carbons (Fsp3) is 0.250. The number of nitrogens with zero attached hydrogens (tertiary/aromatic N) is 3. The Kier molecular flexibility index (Phi) is 5.21. The molecule has 0 aliphatic heterocycles. The molecule has 2 aromatic heterocycles. The monoisotopic (exact) mass is 386 g/mol. The summed E-state index contributed by atoms with van der Waals surface area (Å²) in [5, 5.41) is 8.67. The first-order chi connectivity index (χ1) is 14.0. The minimum atomic E-state index is -0.104. The number of carbonyl (C=O) groups is 1. The van der Waals surface area contributed by atoms with Crippen molar-refractivity contribution < 1.29 is 4.79 Å². The highest BCUT2D eigenvalue weighted by Gasteiger charge is 2.10. The van der Waals surface area contributed by atoms with Crippen LogP contribution in [0, 0.1) is 13.8 Å². The van der Waals surface area contributed by atoms with Gasteiger partial charge in [-0.05, 0) is 68.3 Å². The number of fused-ring (bicyclic) bond motifs is 1. The van der Waals surface area contributed by atoms with Crippen molar-refractivity contribution >= 4 is 22.5 Å². The van der Waals surface area contributed by atoms with Crippen LogP contribution in [0.5, 0.6) is 0 Å². The van der Waals surface area contributed by atoms with Crippen molar-refractivity contribution in [1.29, 1.82) is 0 Å². The summed E-state index contributed by atoms with van der Waals surface area (Å²) in [6, 6.07) is 17.9. The van der Waals surface area contributed by atoms with E-state index in [9.17, 15) is 4.79 Å². The Balaban J connectivity index is 1.51. The first kappa shape index (κ1) is 19.0. The van der Waals surface area contributed by atoms with Crippen molar-refractivity contribution in [2.75, 3.05) is 5.32 Å². The lowest BCUT2D eigenvalue weighted by atomic mass is 10.1. The Morgan fingerprint density at radius 2 is 1.93 bits per heavy atom. The van der Waals surface area contributed by atoms with E-state index in [2.05, 4.69) is 46.3 Å². The second kappa shape index (κ2) is 7.95. The van der Waals surface area contributed by atoms with Crippen LogP contribution in [0.25, 0.3) is 10.9 Å². The highest BCUT2D eigenvalue weighted by atomic mass is 16.1. The molecule has 0 spiro atoms. The molecule has 4 aromatic rings. The van der Waals surface area contributed by atoms with Gasteiger partial charge in [0.25, 0.3) is 5.91 Å². The SMILES string of the molecule is CCCn1ccc2cc(NC(=O)c3cccc(Cn4nc(C)cc4C)c3)ccc21. The van der Waals surface area contributed by atoms with Gasteiger partial charge in [0.1, 0.15) is 0 Å². The van der Waals surface area contributed by atoms with Crippen LogP contribution in [0.3, 0.4) is 0 Å².